The van der Waals surface area contributed by atoms with Gasteiger partial charge in [0.2, 0.25) is 0 Å². The van der Waals surface area contributed by atoms with Crippen LogP contribution in [0.1, 0.15) is 0 Å². The summed E-state index contributed by atoms with van der Waals surface area (Å²) >= 11 is 1.84. The molecule has 0 unspecified atom stereocenters. The Morgan fingerprint density at radius 2 is 1.11 bits per heavy atom. The third-order valence-corrected chi connectivity index (χ3v) is 10.3. The molecule has 0 radical (unpaired) electrons. The Kier molecular flexibility index (Phi) is 5.19. The monoisotopic (exact) mass is 591 g/mol. The molecule has 0 N–H and O–H groups in total. The predicted octanol–water partition coefficient (Wildman–Crippen LogP) is 12.4. The Balaban J connectivity index is 1.11. The summed E-state index contributed by atoms with van der Waals surface area (Å²) in [6.45, 7) is 0. The second-order valence-electron chi connectivity index (χ2n) is 11.7. The van der Waals surface area contributed by atoms with Crippen LogP contribution in [-0.2, 0) is 0 Å². The van der Waals surface area contributed by atoms with Crippen LogP contribution in [0.25, 0.3) is 91.9 Å². The highest BCUT2D eigenvalue weighted by atomic mass is 32.1. The molecule has 3 heteroatoms. The van der Waals surface area contributed by atoms with E-state index in [4.69, 9.17) is 4.42 Å². The summed E-state index contributed by atoms with van der Waals surface area (Å²) < 4.78 is 11.4. The van der Waals surface area contributed by atoms with Gasteiger partial charge in [0.05, 0.1) is 11.0 Å². The normalized spacial score (nSPS) is 12.0. The lowest BCUT2D eigenvalue weighted by Gasteiger charge is -2.11. The van der Waals surface area contributed by atoms with Crippen LogP contribution >= 0.6 is 11.3 Å². The van der Waals surface area contributed by atoms with Crippen LogP contribution < -0.4 is 0 Å². The van der Waals surface area contributed by atoms with Gasteiger partial charge in [-0.05, 0) is 76.9 Å². The van der Waals surface area contributed by atoms with Crippen molar-refractivity contribution in [3.63, 3.8) is 0 Å². The molecule has 45 heavy (non-hydrogen) atoms. The highest BCUT2D eigenvalue weighted by Crippen LogP contribution is 2.45. The van der Waals surface area contributed by atoms with E-state index in [1.54, 1.807) is 0 Å². The second-order valence-corrected chi connectivity index (χ2v) is 12.8. The Bertz CT molecular complexity index is 2700. The standard InChI is InChI=1S/C42H25NOS/c1-4-15-35-31(11-1)32-12-2-5-16-36(32)43(35)29-21-19-26(20-22-29)27-9-7-10-28(25-27)30-14-8-18-38-40(30)41-39(45-38)24-23-34-33-13-3-6-17-37(33)44-42(34)41/h1-25H. The van der Waals surface area contributed by atoms with Crippen molar-refractivity contribution < 1.29 is 4.42 Å². The van der Waals surface area contributed by atoms with Crippen LogP contribution in [0.5, 0.6) is 0 Å². The molecule has 0 aliphatic carbocycles. The number of thiophene rings is 1. The number of fused-ring (bicyclic) bond motifs is 10. The molecule has 0 amide bonds. The maximum absolute atomic E-state index is 6.52. The van der Waals surface area contributed by atoms with Gasteiger partial charge in [-0.3, -0.25) is 0 Å². The average Bonchev–Trinajstić information content (AvgIpc) is 3.78. The molecule has 0 bridgehead atoms. The fraction of sp³-hybridized carbons (Fsp3) is 0. The molecule has 7 aromatic carbocycles. The highest BCUT2D eigenvalue weighted by molar-refractivity contribution is 7.26. The number of hydrogen-bond donors (Lipinski definition) is 0. The van der Waals surface area contributed by atoms with Crippen LogP contribution in [0.3, 0.4) is 0 Å². The fourth-order valence-corrected chi connectivity index (χ4v) is 8.33. The van der Waals surface area contributed by atoms with Gasteiger partial charge in [-0.15, -0.1) is 11.3 Å². The van der Waals surface area contributed by atoms with Crippen LogP contribution in [-0.4, -0.2) is 4.57 Å². The van der Waals surface area contributed by atoms with Crippen molar-refractivity contribution in [2.75, 3.05) is 0 Å². The summed E-state index contributed by atoms with van der Waals surface area (Å²) in [6.07, 6.45) is 0. The lowest BCUT2D eigenvalue weighted by molar-refractivity contribution is 0.673. The molecule has 0 aliphatic heterocycles. The highest BCUT2D eigenvalue weighted by Gasteiger charge is 2.18. The molecular formula is C42H25NOS. The van der Waals surface area contributed by atoms with Crippen LogP contribution in [0, 0.1) is 0 Å². The summed E-state index contributed by atoms with van der Waals surface area (Å²) in [4.78, 5) is 0. The molecule has 10 aromatic rings. The minimum absolute atomic E-state index is 0.934. The molecule has 0 atom stereocenters. The first kappa shape index (κ1) is 24.8. The van der Waals surface area contributed by atoms with Gasteiger partial charge in [-0.1, -0.05) is 97.1 Å². The second kappa shape index (κ2) is 9.43. The van der Waals surface area contributed by atoms with E-state index in [1.165, 1.54) is 69.6 Å². The number of nitrogens with zero attached hydrogens (tertiary/aromatic N) is 1. The molecule has 210 valence electrons. The van der Waals surface area contributed by atoms with Crippen molar-refractivity contribution in [2.45, 2.75) is 0 Å². The van der Waals surface area contributed by atoms with Gasteiger partial charge in [0, 0.05) is 47.4 Å². The van der Waals surface area contributed by atoms with Gasteiger partial charge in [-0.2, -0.15) is 0 Å². The SMILES string of the molecule is c1cc(-c2ccc(-n3c4ccccc4c4ccccc43)cc2)cc(-c2cccc3sc4ccc5c6ccccc6oc5c4c23)c1. The third kappa shape index (κ3) is 3.62. The predicted molar refractivity (Wildman–Crippen MR) is 192 cm³/mol. The maximum Gasteiger partial charge on any atom is 0.144 e. The zero-order valence-corrected chi connectivity index (χ0v) is 25.0. The number of furan rings is 1. The Morgan fingerprint density at radius 3 is 1.91 bits per heavy atom. The summed E-state index contributed by atoms with van der Waals surface area (Å²) in [7, 11) is 0. The molecule has 0 fully saturated rings. The summed E-state index contributed by atoms with van der Waals surface area (Å²) in [5.74, 6) is 0. The first-order valence-corrected chi connectivity index (χ1v) is 16.1. The first-order chi connectivity index (χ1) is 22.3. The number of para-hydroxylation sites is 3. The van der Waals surface area contributed by atoms with Crippen LogP contribution in [0.2, 0.25) is 0 Å². The van der Waals surface area contributed by atoms with Gasteiger partial charge in [0.25, 0.3) is 0 Å². The summed E-state index contributed by atoms with van der Waals surface area (Å²) in [5, 5.41) is 7.36. The van der Waals surface area contributed by atoms with Crippen molar-refractivity contribution >= 4 is 75.3 Å². The molecule has 10 rings (SSSR count). The number of benzene rings is 7. The molecule has 0 saturated heterocycles. The largest absolute Gasteiger partial charge is 0.455 e. The van der Waals surface area contributed by atoms with Crippen LogP contribution in [0.15, 0.2) is 156 Å². The van der Waals surface area contributed by atoms with E-state index in [0.29, 0.717) is 0 Å². The number of rotatable bonds is 3. The van der Waals surface area contributed by atoms with Crippen molar-refractivity contribution in [2.24, 2.45) is 0 Å². The van der Waals surface area contributed by atoms with Gasteiger partial charge in [0.15, 0.2) is 0 Å². The van der Waals surface area contributed by atoms with E-state index in [1.807, 2.05) is 17.4 Å². The lowest BCUT2D eigenvalue weighted by atomic mass is 9.95. The molecule has 0 saturated carbocycles. The van der Waals surface area contributed by atoms with E-state index in [0.717, 1.165) is 22.2 Å². The van der Waals surface area contributed by atoms with Crippen LogP contribution in [0.4, 0.5) is 0 Å². The molecule has 2 nitrogen and oxygen atoms in total. The average molecular weight is 592 g/mol. The lowest BCUT2D eigenvalue weighted by Crippen LogP contribution is -1.93. The molecule has 0 aliphatic rings. The number of aromatic nitrogens is 1. The minimum atomic E-state index is 0.934. The third-order valence-electron chi connectivity index (χ3n) is 9.22. The van der Waals surface area contributed by atoms with Crippen molar-refractivity contribution in [3.8, 4) is 27.9 Å². The summed E-state index contributed by atoms with van der Waals surface area (Å²) in [5.41, 5.74) is 10.4. The first-order valence-electron chi connectivity index (χ1n) is 15.3. The maximum atomic E-state index is 6.52. The van der Waals surface area contributed by atoms with E-state index < -0.39 is 0 Å². The van der Waals surface area contributed by atoms with Gasteiger partial charge in [-0.25, -0.2) is 0 Å². The van der Waals surface area contributed by atoms with Gasteiger partial charge < -0.3 is 8.98 Å². The zero-order valence-electron chi connectivity index (χ0n) is 24.2. The number of hydrogen-bond acceptors (Lipinski definition) is 2. The Morgan fingerprint density at radius 1 is 0.444 bits per heavy atom. The van der Waals surface area contributed by atoms with Crippen molar-refractivity contribution in [3.05, 3.63) is 152 Å². The zero-order chi connectivity index (χ0) is 29.5. The van der Waals surface area contributed by atoms with Gasteiger partial charge in [0.1, 0.15) is 11.2 Å². The fourth-order valence-electron chi connectivity index (χ4n) is 7.20. The molecular weight excluding hydrogens is 567 g/mol. The van der Waals surface area contributed by atoms with Crippen molar-refractivity contribution in [1.29, 1.82) is 0 Å². The quantitative estimate of drug-likeness (QED) is 0.200. The molecule has 0 spiro atoms. The Hall–Kier alpha value is -5.64. The van der Waals surface area contributed by atoms with E-state index in [-0.39, 0.29) is 0 Å². The van der Waals surface area contributed by atoms with Gasteiger partial charge >= 0.3 is 0 Å². The minimum Gasteiger partial charge on any atom is -0.455 e. The smallest absolute Gasteiger partial charge is 0.144 e. The Labute approximate surface area is 263 Å². The topological polar surface area (TPSA) is 18.1 Å². The molecule has 3 heterocycles. The van der Waals surface area contributed by atoms with E-state index in [2.05, 4.69) is 150 Å². The van der Waals surface area contributed by atoms with E-state index >= 15 is 0 Å². The van der Waals surface area contributed by atoms with E-state index in [9.17, 15) is 0 Å². The molecule has 3 aromatic heterocycles. The summed E-state index contributed by atoms with van der Waals surface area (Å²) in [6, 6.07) is 54.7. The van der Waals surface area contributed by atoms with Crippen molar-refractivity contribution in [1.82, 2.24) is 4.57 Å².